The number of amides is 1. The standard InChI is InChI=1S/C30H41Cl2N3O/c1-3-22(21-34-14-4-5-15-34)18-25-20-27(32)10-11-28(25)24-12-16-35(17-13-24)30(36)29(33-2)19-23-6-8-26(31)9-7-23/h6-11,20,22,24,29,33H,3-5,12-19,21H2,1-2H3/t22-,29-/m1/s1. The molecule has 0 unspecified atom stereocenters. The Morgan fingerprint density at radius 1 is 0.972 bits per heavy atom. The highest BCUT2D eigenvalue weighted by Gasteiger charge is 2.29. The van der Waals surface area contributed by atoms with Gasteiger partial charge >= 0.3 is 0 Å². The van der Waals surface area contributed by atoms with Gasteiger partial charge in [-0.15, -0.1) is 0 Å². The smallest absolute Gasteiger partial charge is 0.240 e. The fraction of sp³-hybridized carbons (Fsp3) is 0.567. The lowest BCUT2D eigenvalue weighted by molar-refractivity contribution is -0.134. The first kappa shape index (κ1) is 27.4. The van der Waals surface area contributed by atoms with Gasteiger partial charge < -0.3 is 15.1 Å². The van der Waals surface area contributed by atoms with Crippen LogP contribution in [0.25, 0.3) is 0 Å². The lowest BCUT2D eigenvalue weighted by atomic mass is 9.83. The molecular weight excluding hydrogens is 489 g/mol. The molecule has 0 radical (unpaired) electrons. The van der Waals surface area contributed by atoms with Gasteiger partial charge in [0.25, 0.3) is 0 Å². The number of carbonyl (C=O) groups is 1. The van der Waals surface area contributed by atoms with Crippen LogP contribution >= 0.6 is 23.2 Å². The highest BCUT2D eigenvalue weighted by molar-refractivity contribution is 6.30. The number of halogens is 2. The topological polar surface area (TPSA) is 35.6 Å². The van der Waals surface area contributed by atoms with Crippen LogP contribution in [0.5, 0.6) is 0 Å². The molecule has 0 spiro atoms. The predicted molar refractivity (Wildman–Crippen MR) is 151 cm³/mol. The normalized spacial score (nSPS) is 18.9. The summed E-state index contributed by atoms with van der Waals surface area (Å²) < 4.78 is 0. The molecule has 2 aromatic rings. The number of hydrogen-bond donors (Lipinski definition) is 1. The second-order valence-electron chi connectivity index (χ2n) is 10.6. The number of benzene rings is 2. The first-order valence-corrected chi connectivity index (χ1v) is 14.4. The molecule has 1 N–H and O–H groups in total. The lowest BCUT2D eigenvalue weighted by Crippen LogP contribution is -2.49. The molecule has 2 saturated heterocycles. The quantitative estimate of drug-likeness (QED) is 0.398. The molecule has 4 nitrogen and oxygen atoms in total. The van der Waals surface area contributed by atoms with Gasteiger partial charge in [-0.3, -0.25) is 4.79 Å². The van der Waals surface area contributed by atoms with Crippen molar-refractivity contribution in [1.82, 2.24) is 15.1 Å². The minimum atomic E-state index is -0.218. The maximum Gasteiger partial charge on any atom is 0.240 e. The van der Waals surface area contributed by atoms with Crippen molar-refractivity contribution in [3.8, 4) is 0 Å². The molecule has 2 aromatic carbocycles. The van der Waals surface area contributed by atoms with E-state index in [9.17, 15) is 4.79 Å². The van der Waals surface area contributed by atoms with Crippen molar-refractivity contribution in [1.29, 1.82) is 0 Å². The van der Waals surface area contributed by atoms with E-state index in [4.69, 9.17) is 23.2 Å². The van der Waals surface area contributed by atoms with Gasteiger partial charge in [0.1, 0.15) is 0 Å². The third-order valence-corrected chi connectivity index (χ3v) is 8.64. The van der Waals surface area contributed by atoms with Gasteiger partial charge in [0.2, 0.25) is 5.91 Å². The van der Waals surface area contributed by atoms with Crippen LogP contribution in [0.2, 0.25) is 10.0 Å². The maximum absolute atomic E-state index is 13.3. The van der Waals surface area contributed by atoms with E-state index in [-0.39, 0.29) is 11.9 Å². The first-order chi connectivity index (χ1) is 17.5. The van der Waals surface area contributed by atoms with Crippen LogP contribution in [0.15, 0.2) is 42.5 Å². The van der Waals surface area contributed by atoms with E-state index < -0.39 is 0 Å². The molecule has 2 aliphatic heterocycles. The van der Waals surface area contributed by atoms with Crippen LogP contribution in [0.1, 0.15) is 61.6 Å². The minimum Gasteiger partial charge on any atom is -0.341 e. The van der Waals surface area contributed by atoms with Gasteiger partial charge in [0, 0.05) is 29.7 Å². The minimum absolute atomic E-state index is 0.193. The Morgan fingerprint density at radius 2 is 1.64 bits per heavy atom. The number of hydrogen-bond acceptors (Lipinski definition) is 3. The second-order valence-corrected chi connectivity index (χ2v) is 11.5. The van der Waals surface area contributed by atoms with E-state index in [0.29, 0.717) is 18.3 Å². The maximum atomic E-state index is 13.3. The molecule has 2 aliphatic rings. The number of nitrogens with zero attached hydrogens (tertiary/aromatic N) is 2. The van der Waals surface area contributed by atoms with E-state index in [1.165, 1.54) is 50.0 Å². The van der Waals surface area contributed by atoms with Crippen molar-refractivity contribution < 1.29 is 4.79 Å². The summed E-state index contributed by atoms with van der Waals surface area (Å²) in [7, 11) is 1.87. The van der Waals surface area contributed by atoms with Gasteiger partial charge in [-0.05, 0) is 111 Å². The van der Waals surface area contributed by atoms with Crippen LogP contribution in [0.3, 0.4) is 0 Å². The third kappa shape index (κ3) is 7.25. The fourth-order valence-corrected chi connectivity index (χ4v) is 6.25. The number of likely N-dealkylation sites (tertiary alicyclic amines) is 2. The molecule has 0 aromatic heterocycles. The van der Waals surface area contributed by atoms with Gasteiger partial charge in [0.15, 0.2) is 0 Å². The summed E-state index contributed by atoms with van der Waals surface area (Å²) in [6.07, 6.45) is 7.62. The molecule has 1 amide bonds. The Hall–Kier alpha value is -1.59. The Morgan fingerprint density at radius 3 is 2.28 bits per heavy atom. The summed E-state index contributed by atoms with van der Waals surface area (Å²) in [5, 5.41) is 4.78. The summed E-state index contributed by atoms with van der Waals surface area (Å²) in [6.45, 7) is 7.60. The molecule has 0 aliphatic carbocycles. The molecular formula is C30H41Cl2N3O. The second kappa shape index (κ2) is 13.3. The molecule has 0 saturated carbocycles. The average Bonchev–Trinajstić information content (AvgIpc) is 3.41. The SMILES string of the molecule is CC[C@H](Cc1cc(Cl)ccc1C1CCN(C(=O)[C@@H](Cc2ccc(Cl)cc2)NC)CC1)CN1CCCC1. The summed E-state index contributed by atoms with van der Waals surface area (Å²) >= 11 is 12.5. The molecule has 2 atom stereocenters. The highest BCUT2D eigenvalue weighted by atomic mass is 35.5. The van der Waals surface area contributed by atoms with Crippen LogP contribution in [-0.2, 0) is 17.6 Å². The zero-order valence-electron chi connectivity index (χ0n) is 21.8. The van der Waals surface area contributed by atoms with Crippen LogP contribution in [-0.4, -0.2) is 61.5 Å². The summed E-state index contributed by atoms with van der Waals surface area (Å²) in [6, 6.07) is 14.1. The third-order valence-electron chi connectivity index (χ3n) is 8.15. The summed E-state index contributed by atoms with van der Waals surface area (Å²) in [5.74, 6) is 1.33. The van der Waals surface area contributed by atoms with E-state index in [2.05, 4.69) is 29.3 Å². The molecule has 4 rings (SSSR count). The van der Waals surface area contributed by atoms with Crippen LogP contribution in [0.4, 0.5) is 0 Å². The lowest BCUT2D eigenvalue weighted by Gasteiger charge is -2.35. The van der Waals surface area contributed by atoms with Crippen LogP contribution in [0, 0.1) is 5.92 Å². The number of carbonyl (C=O) groups excluding carboxylic acids is 1. The van der Waals surface area contributed by atoms with E-state index in [0.717, 1.165) is 48.0 Å². The molecule has 6 heteroatoms. The van der Waals surface area contributed by atoms with Crippen molar-refractivity contribution in [3.63, 3.8) is 0 Å². The fourth-order valence-electron chi connectivity index (χ4n) is 5.93. The number of nitrogens with one attached hydrogen (secondary N) is 1. The largest absolute Gasteiger partial charge is 0.341 e. The van der Waals surface area contributed by atoms with Crippen molar-refractivity contribution in [2.75, 3.05) is 39.8 Å². The van der Waals surface area contributed by atoms with Crippen molar-refractivity contribution >= 4 is 29.1 Å². The van der Waals surface area contributed by atoms with Gasteiger partial charge in [-0.2, -0.15) is 0 Å². The predicted octanol–water partition coefficient (Wildman–Crippen LogP) is 6.19. The first-order valence-electron chi connectivity index (χ1n) is 13.7. The van der Waals surface area contributed by atoms with Gasteiger partial charge in [-0.1, -0.05) is 54.7 Å². The number of piperidine rings is 1. The Kier molecular flexibility index (Phi) is 10.1. The Bertz CT molecular complexity index is 982. The van der Waals surface area contributed by atoms with Gasteiger partial charge in [-0.25, -0.2) is 0 Å². The van der Waals surface area contributed by atoms with E-state index >= 15 is 0 Å². The highest BCUT2D eigenvalue weighted by Crippen LogP contribution is 2.34. The van der Waals surface area contributed by atoms with Crippen molar-refractivity contribution in [3.05, 3.63) is 69.2 Å². The van der Waals surface area contributed by atoms with Crippen LogP contribution < -0.4 is 5.32 Å². The molecule has 36 heavy (non-hydrogen) atoms. The number of rotatable bonds is 10. The van der Waals surface area contributed by atoms with Gasteiger partial charge in [0.05, 0.1) is 6.04 Å². The number of likely N-dealkylation sites (N-methyl/N-ethyl adjacent to an activating group) is 1. The Balaban J connectivity index is 1.37. The molecule has 0 bridgehead atoms. The molecule has 2 heterocycles. The summed E-state index contributed by atoms with van der Waals surface area (Å²) in [4.78, 5) is 18.0. The average molecular weight is 531 g/mol. The zero-order chi connectivity index (χ0) is 25.5. The summed E-state index contributed by atoms with van der Waals surface area (Å²) in [5.41, 5.74) is 3.97. The molecule has 196 valence electrons. The van der Waals surface area contributed by atoms with E-state index in [1.807, 2.05) is 42.3 Å². The molecule has 2 fully saturated rings. The van der Waals surface area contributed by atoms with Crippen molar-refractivity contribution in [2.45, 2.75) is 63.8 Å². The van der Waals surface area contributed by atoms with Crippen molar-refractivity contribution in [2.24, 2.45) is 5.92 Å². The monoisotopic (exact) mass is 529 g/mol. The van der Waals surface area contributed by atoms with E-state index in [1.54, 1.807) is 0 Å². The Labute approximate surface area is 227 Å². The zero-order valence-corrected chi connectivity index (χ0v) is 23.3.